The Morgan fingerprint density at radius 2 is 1.74 bits per heavy atom. The van der Waals surface area contributed by atoms with Crippen LogP contribution >= 0.6 is 0 Å². The lowest BCUT2D eigenvalue weighted by Crippen LogP contribution is -3.12. The molecule has 0 unspecified atom stereocenters. The topological polar surface area (TPSA) is 37.2 Å². The zero-order valence-corrected chi connectivity index (χ0v) is 16.1. The Bertz CT molecular complexity index is 815. The van der Waals surface area contributed by atoms with Crippen LogP contribution in [0.2, 0.25) is 0 Å². The quantitative estimate of drug-likeness (QED) is 0.886. The van der Waals surface area contributed by atoms with E-state index in [0.29, 0.717) is 6.61 Å². The van der Waals surface area contributed by atoms with Gasteiger partial charge in [-0.15, -0.1) is 0 Å². The lowest BCUT2D eigenvalue weighted by atomic mass is 10.0. The van der Waals surface area contributed by atoms with Crippen LogP contribution in [0.5, 0.6) is 0 Å². The van der Waals surface area contributed by atoms with Crippen molar-refractivity contribution in [2.24, 2.45) is 0 Å². The average Bonchev–Trinajstić information content (AvgIpc) is 2.83. The number of hydrogen-bond donors (Lipinski definition) is 1. The van der Waals surface area contributed by atoms with Gasteiger partial charge in [-0.3, -0.25) is 4.90 Å². The second kappa shape index (κ2) is 7.71. The number of carbonyl (C=O) groups is 1. The van der Waals surface area contributed by atoms with Crippen molar-refractivity contribution in [2.75, 3.05) is 44.7 Å². The third-order valence-electron chi connectivity index (χ3n) is 5.61. The van der Waals surface area contributed by atoms with Gasteiger partial charge in [0.1, 0.15) is 0 Å². The van der Waals surface area contributed by atoms with Crippen LogP contribution in [0.4, 0.5) is 16.2 Å². The van der Waals surface area contributed by atoms with Crippen LogP contribution in [-0.4, -0.2) is 50.8 Å². The van der Waals surface area contributed by atoms with Crippen LogP contribution in [0.25, 0.3) is 0 Å². The number of carbonyl (C=O) groups excluding carboxylic acids is 1. The zero-order valence-electron chi connectivity index (χ0n) is 16.1. The number of benzene rings is 2. The van der Waals surface area contributed by atoms with Crippen molar-refractivity contribution in [3.05, 3.63) is 59.7 Å². The fraction of sp³-hybridized carbons (Fsp3) is 0.409. The Balaban J connectivity index is 1.80. The third kappa shape index (κ3) is 3.45. The third-order valence-corrected chi connectivity index (χ3v) is 5.61. The maximum Gasteiger partial charge on any atom is 0.329 e. The van der Waals surface area contributed by atoms with E-state index in [9.17, 15) is 4.79 Å². The Labute approximate surface area is 161 Å². The van der Waals surface area contributed by atoms with Crippen molar-refractivity contribution < 1.29 is 14.4 Å². The monoisotopic (exact) mass is 366 g/mol. The molecule has 2 heterocycles. The molecule has 1 saturated heterocycles. The highest BCUT2D eigenvalue weighted by Crippen LogP contribution is 2.41. The summed E-state index contributed by atoms with van der Waals surface area (Å²) in [7, 11) is 2.19. The Kier molecular flexibility index (Phi) is 5.14. The van der Waals surface area contributed by atoms with Gasteiger partial charge in [-0.1, -0.05) is 36.4 Å². The van der Waals surface area contributed by atoms with Gasteiger partial charge in [-0.25, -0.2) is 4.79 Å². The smallest absolute Gasteiger partial charge is 0.329 e. The summed E-state index contributed by atoms with van der Waals surface area (Å²) in [5, 5.41) is 0. The lowest BCUT2D eigenvalue weighted by molar-refractivity contribution is -0.883. The van der Waals surface area contributed by atoms with Crippen LogP contribution in [0.1, 0.15) is 24.2 Å². The normalized spacial score (nSPS) is 20.0. The molecule has 2 aliphatic heterocycles. The van der Waals surface area contributed by atoms with E-state index in [4.69, 9.17) is 4.74 Å². The van der Waals surface area contributed by atoms with Crippen LogP contribution in [0.15, 0.2) is 48.5 Å². The van der Waals surface area contributed by atoms with Gasteiger partial charge in [-0.05, 0) is 24.6 Å². The summed E-state index contributed by atoms with van der Waals surface area (Å²) >= 11 is 0. The number of likely N-dealkylation sites (N-methyl/N-ethyl adjacent to an activating group) is 1. The van der Waals surface area contributed by atoms with E-state index >= 15 is 0 Å². The Morgan fingerprint density at radius 3 is 2.48 bits per heavy atom. The first-order valence-electron chi connectivity index (χ1n) is 9.87. The molecule has 2 amide bonds. The minimum Gasteiger partial charge on any atom is -0.373 e. The molecule has 0 aromatic heterocycles. The van der Waals surface area contributed by atoms with E-state index in [0.717, 1.165) is 55.1 Å². The van der Waals surface area contributed by atoms with Gasteiger partial charge in [0.25, 0.3) is 0 Å². The second-order valence-electron chi connectivity index (χ2n) is 7.40. The summed E-state index contributed by atoms with van der Waals surface area (Å²) in [5.41, 5.74) is 4.16. The van der Waals surface area contributed by atoms with E-state index in [-0.39, 0.29) is 12.1 Å². The number of anilines is 2. The summed E-state index contributed by atoms with van der Waals surface area (Å²) in [5.74, 6) is 0. The predicted molar refractivity (Wildman–Crippen MR) is 107 cm³/mol. The number of ether oxygens (including phenoxy) is 1. The summed E-state index contributed by atoms with van der Waals surface area (Å²) in [6, 6.07) is 16.5. The minimum absolute atomic E-state index is 0.0397. The average molecular weight is 366 g/mol. The molecule has 142 valence electrons. The van der Waals surface area contributed by atoms with E-state index < -0.39 is 0 Å². The van der Waals surface area contributed by atoms with Gasteiger partial charge in [0.05, 0.1) is 50.7 Å². The molecule has 0 bridgehead atoms. The molecule has 27 heavy (non-hydrogen) atoms. The molecule has 0 radical (unpaired) electrons. The van der Waals surface area contributed by atoms with E-state index in [1.807, 2.05) is 47.1 Å². The minimum atomic E-state index is -0.0397. The Hall–Kier alpha value is -2.37. The van der Waals surface area contributed by atoms with Crippen LogP contribution in [0.3, 0.4) is 0 Å². The fourth-order valence-electron chi connectivity index (χ4n) is 4.08. The molecule has 5 heteroatoms. The number of quaternary nitrogens is 1. The summed E-state index contributed by atoms with van der Waals surface area (Å²) in [4.78, 5) is 19.0. The lowest BCUT2D eigenvalue weighted by Gasteiger charge is -2.35. The number of piperazine rings is 1. The SMILES string of the molecule is CCO[C@H]1Cc2ccccc2N(C(=O)N2CC[NH+](C)CC2)c2ccccc21. The molecule has 1 N–H and O–H groups in total. The highest BCUT2D eigenvalue weighted by atomic mass is 16.5. The number of para-hydroxylation sites is 2. The fourth-order valence-corrected chi connectivity index (χ4v) is 4.08. The van der Waals surface area contributed by atoms with E-state index in [1.165, 1.54) is 4.90 Å². The summed E-state index contributed by atoms with van der Waals surface area (Å²) in [6.45, 7) is 6.24. The highest BCUT2D eigenvalue weighted by Gasteiger charge is 2.34. The molecule has 0 saturated carbocycles. The summed E-state index contributed by atoms with van der Waals surface area (Å²) < 4.78 is 6.08. The van der Waals surface area contributed by atoms with Gasteiger partial charge >= 0.3 is 6.03 Å². The van der Waals surface area contributed by atoms with Crippen LogP contribution in [0, 0.1) is 0 Å². The standard InChI is InChI=1S/C22H27N3O2/c1-3-27-21-16-17-8-4-6-10-19(17)25(20-11-7-5-9-18(20)21)22(26)24-14-12-23(2)13-15-24/h4-11,21H,3,12-16H2,1-2H3/p+1/t21-/m0/s1. The number of hydrogen-bond acceptors (Lipinski definition) is 2. The number of nitrogens with one attached hydrogen (secondary N) is 1. The van der Waals surface area contributed by atoms with Crippen molar-refractivity contribution in [3.63, 3.8) is 0 Å². The maximum atomic E-state index is 13.6. The van der Waals surface area contributed by atoms with Gasteiger partial charge in [0.2, 0.25) is 0 Å². The molecule has 1 fully saturated rings. The number of fused-ring (bicyclic) bond motifs is 2. The first-order chi connectivity index (χ1) is 13.2. The number of urea groups is 1. The number of rotatable bonds is 2. The predicted octanol–water partition coefficient (Wildman–Crippen LogP) is 2.41. The van der Waals surface area contributed by atoms with Crippen molar-refractivity contribution in [2.45, 2.75) is 19.4 Å². The van der Waals surface area contributed by atoms with Crippen molar-refractivity contribution >= 4 is 17.4 Å². The maximum absolute atomic E-state index is 13.6. The van der Waals surface area contributed by atoms with Crippen molar-refractivity contribution in [1.82, 2.24) is 4.90 Å². The second-order valence-corrected chi connectivity index (χ2v) is 7.40. The molecule has 2 aromatic rings. The number of amides is 2. The van der Waals surface area contributed by atoms with E-state index in [1.54, 1.807) is 0 Å². The molecule has 0 aliphatic carbocycles. The van der Waals surface area contributed by atoms with Gasteiger partial charge in [-0.2, -0.15) is 0 Å². The molecule has 0 spiro atoms. The van der Waals surface area contributed by atoms with Crippen molar-refractivity contribution in [3.8, 4) is 0 Å². The molecule has 2 aliphatic rings. The summed E-state index contributed by atoms with van der Waals surface area (Å²) in [6.07, 6.45) is 0.736. The highest BCUT2D eigenvalue weighted by molar-refractivity contribution is 6.01. The first kappa shape index (κ1) is 18.0. The van der Waals surface area contributed by atoms with Crippen LogP contribution in [-0.2, 0) is 11.2 Å². The largest absolute Gasteiger partial charge is 0.373 e. The van der Waals surface area contributed by atoms with Gasteiger partial charge in [0.15, 0.2) is 0 Å². The molecule has 4 rings (SSSR count). The molecule has 5 nitrogen and oxygen atoms in total. The first-order valence-corrected chi connectivity index (χ1v) is 9.87. The van der Waals surface area contributed by atoms with Gasteiger partial charge in [0, 0.05) is 18.6 Å². The van der Waals surface area contributed by atoms with Gasteiger partial charge < -0.3 is 14.5 Å². The molecule has 2 aromatic carbocycles. The van der Waals surface area contributed by atoms with E-state index in [2.05, 4.69) is 25.2 Å². The number of nitrogens with zero attached hydrogens (tertiary/aromatic N) is 2. The molecule has 1 atom stereocenters. The molecular weight excluding hydrogens is 338 g/mol. The zero-order chi connectivity index (χ0) is 18.8. The van der Waals surface area contributed by atoms with Crippen LogP contribution < -0.4 is 9.80 Å². The molecular formula is C22H28N3O2+. The Morgan fingerprint density at radius 1 is 1.07 bits per heavy atom. The van der Waals surface area contributed by atoms with Crippen molar-refractivity contribution in [1.29, 1.82) is 0 Å².